The van der Waals surface area contributed by atoms with Gasteiger partial charge < -0.3 is 0 Å². The van der Waals surface area contributed by atoms with Crippen molar-refractivity contribution in [2.24, 2.45) is 33.7 Å². The maximum absolute atomic E-state index is 11.1. The normalized spacial score (nSPS) is 17.5. The monoisotopic (exact) mass is 587 g/mol. The highest BCUT2D eigenvalue weighted by Gasteiger charge is 2.32. The maximum atomic E-state index is 11.1. The minimum absolute atomic E-state index is 0.156. The van der Waals surface area contributed by atoms with E-state index < -0.39 is 0 Å². The van der Waals surface area contributed by atoms with Crippen molar-refractivity contribution < 1.29 is 9.59 Å². The first kappa shape index (κ1) is 38.8. The fraction of sp³-hybridized carbons (Fsp3) is 0.947. The summed E-state index contributed by atoms with van der Waals surface area (Å²) in [6.07, 6.45) is 36.5. The second-order valence-electron chi connectivity index (χ2n) is 13.8. The summed E-state index contributed by atoms with van der Waals surface area (Å²) >= 11 is 0. The summed E-state index contributed by atoms with van der Waals surface area (Å²) in [4.78, 5) is 30.6. The van der Waals surface area contributed by atoms with Crippen LogP contribution >= 0.6 is 0 Å². The largest absolute Gasteiger partial charge is 0.235 e. The highest BCUT2D eigenvalue weighted by atomic mass is 16.1. The Morgan fingerprint density at radius 2 is 0.976 bits per heavy atom. The number of rotatable bonds is 28. The first-order valence-electron chi connectivity index (χ1n) is 18.7. The molecule has 4 heteroatoms. The van der Waals surface area contributed by atoms with Crippen LogP contribution in [0.1, 0.15) is 195 Å². The quantitative estimate of drug-likeness (QED) is 0.0520. The standard InChI is InChI=1S/C38H70N2O2/c1-5-8-11-12-18-30-38(33(4)34-22-16-13-17-23-34)35(25-21-29-37(40-32-42)27-15-10-7-3)24-19-20-28-36(39-31-41)26-14-9-6-2/h33-38H,5-30H2,1-4H3. The number of aliphatic imine (C=N–C) groups is 2. The van der Waals surface area contributed by atoms with Crippen LogP contribution in [-0.4, -0.2) is 24.2 Å². The molecule has 0 spiro atoms. The molecular weight excluding hydrogens is 516 g/mol. The van der Waals surface area contributed by atoms with Gasteiger partial charge in [0.15, 0.2) is 0 Å². The number of hydrogen-bond acceptors (Lipinski definition) is 4. The molecule has 1 aliphatic carbocycles. The summed E-state index contributed by atoms with van der Waals surface area (Å²) in [5.74, 6) is 3.25. The lowest BCUT2D eigenvalue weighted by atomic mass is 9.67. The summed E-state index contributed by atoms with van der Waals surface area (Å²) in [5.41, 5.74) is 0. The molecule has 5 atom stereocenters. The molecule has 1 saturated carbocycles. The van der Waals surface area contributed by atoms with E-state index in [1.807, 2.05) is 12.2 Å². The van der Waals surface area contributed by atoms with Crippen molar-refractivity contribution in [3.63, 3.8) is 0 Å². The van der Waals surface area contributed by atoms with Gasteiger partial charge in [-0.3, -0.25) is 0 Å². The summed E-state index contributed by atoms with van der Waals surface area (Å²) in [6, 6.07) is 0.316. The van der Waals surface area contributed by atoms with Gasteiger partial charge in [0.25, 0.3) is 0 Å². The zero-order valence-electron chi connectivity index (χ0n) is 28.6. The van der Waals surface area contributed by atoms with Crippen molar-refractivity contribution in [3.8, 4) is 0 Å². The Bertz CT molecular complexity index is 706. The molecule has 0 bridgehead atoms. The smallest absolute Gasteiger partial charge is 0.211 e. The van der Waals surface area contributed by atoms with Gasteiger partial charge in [0.05, 0.1) is 12.1 Å². The van der Waals surface area contributed by atoms with Crippen LogP contribution in [0.15, 0.2) is 9.98 Å². The molecule has 0 aromatic rings. The van der Waals surface area contributed by atoms with Gasteiger partial charge in [0.2, 0.25) is 12.2 Å². The highest BCUT2D eigenvalue weighted by Crippen LogP contribution is 2.42. The van der Waals surface area contributed by atoms with Crippen LogP contribution < -0.4 is 0 Å². The van der Waals surface area contributed by atoms with E-state index in [-0.39, 0.29) is 12.1 Å². The molecule has 1 rings (SSSR count). The second-order valence-corrected chi connectivity index (χ2v) is 13.8. The molecule has 0 radical (unpaired) electrons. The lowest BCUT2D eigenvalue weighted by Gasteiger charge is -2.38. The first-order chi connectivity index (χ1) is 20.6. The molecule has 4 nitrogen and oxygen atoms in total. The van der Waals surface area contributed by atoms with E-state index in [0.29, 0.717) is 0 Å². The molecular formula is C38H70N2O2. The van der Waals surface area contributed by atoms with Crippen molar-refractivity contribution >= 4 is 12.2 Å². The second kappa shape index (κ2) is 27.3. The Labute approximate surface area is 261 Å². The molecule has 0 N–H and O–H groups in total. The topological polar surface area (TPSA) is 58.9 Å². The molecule has 1 aliphatic rings. The third-order valence-corrected chi connectivity index (χ3v) is 10.5. The van der Waals surface area contributed by atoms with Crippen LogP contribution in [-0.2, 0) is 9.59 Å². The zero-order valence-corrected chi connectivity index (χ0v) is 28.6. The SMILES string of the molecule is CCCCCCCC(C(CCCCC(CCCCC)N=C=O)CCCC(CCCCC)N=C=O)C(C)C1CCCCC1. The lowest BCUT2D eigenvalue weighted by Crippen LogP contribution is -2.29. The predicted molar refractivity (Wildman–Crippen MR) is 181 cm³/mol. The van der Waals surface area contributed by atoms with E-state index in [4.69, 9.17) is 0 Å². The molecule has 5 unspecified atom stereocenters. The summed E-state index contributed by atoms with van der Waals surface area (Å²) in [6.45, 7) is 9.37. The van der Waals surface area contributed by atoms with Gasteiger partial charge in [-0.15, -0.1) is 0 Å². The van der Waals surface area contributed by atoms with Gasteiger partial charge in [-0.25, -0.2) is 19.6 Å². The van der Waals surface area contributed by atoms with Crippen LogP contribution in [0.3, 0.4) is 0 Å². The Hall–Kier alpha value is -1.24. The van der Waals surface area contributed by atoms with Crippen LogP contribution in [0.2, 0.25) is 0 Å². The molecule has 0 aromatic carbocycles. The molecule has 0 heterocycles. The van der Waals surface area contributed by atoms with E-state index in [9.17, 15) is 9.59 Å². The first-order valence-corrected chi connectivity index (χ1v) is 18.7. The van der Waals surface area contributed by atoms with Crippen LogP contribution in [0.5, 0.6) is 0 Å². The molecule has 42 heavy (non-hydrogen) atoms. The Morgan fingerprint density at radius 3 is 1.52 bits per heavy atom. The number of carbonyl (C=O) groups excluding carboxylic acids is 2. The predicted octanol–water partition coefficient (Wildman–Crippen LogP) is 12.1. The molecule has 244 valence electrons. The average molecular weight is 587 g/mol. The summed E-state index contributed by atoms with van der Waals surface area (Å²) in [5, 5.41) is 0. The molecule has 0 aliphatic heterocycles. The van der Waals surface area contributed by atoms with Crippen molar-refractivity contribution in [2.75, 3.05) is 0 Å². The van der Waals surface area contributed by atoms with Crippen LogP contribution in [0.4, 0.5) is 0 Å². The Morgan fingerprint density at radius 1 is 0.548 bits per heavy atom. The number of unbranched alkanes of at least 4 members (excludes halogenated alkanes) is 9. The minimum atomic E-state index is 0.156. The van der Waals surface area contributed by atoms with Crippen molar-refractivity contribution in [2.45, 2.75) is 207 Å². The number of hydrogen-bond donors (Lipinski definition) is 0. The van der Waals surface area contributed by atoms with Gasteiger partial charge in [0, 0.05) is 0 Å². The van der Waals surface area contributed by atoms with E-state index in [0.717, 1.165) is 68.6 Å². The minimum Gasteiger partial charge on any atom is -0.211 e. The number of nitrogens with zero attached hydrogens (tertiary/aromatic N) is 2. The van der Waals surface area contributed by atoms with Crippen LogP contribution in [0.25, 0.3) is 0 Å². The van der Waals surface area contributed by atoms with Gasteiger partial charge in [-0.05, 0) is 55.8 Å². The summed E-state index contributed by atoms with van der Waals surface area (Å²) in [7, 11) is 0. The number of isocyanates is 2. The van der Waals surface area contributed by atoms with Gasteiger partial charge in [0.1, 0.15) is 0 Å². The van der Waals surface area contributed by atoms with E-state index >= 15 is 0 Å². The fourth-order valence-corrected chi connectivity index (χ4v) is 7.85. The van der Waals surface area contributed by atoms with E-state index in [2.05, 4.69) is 37.7 Å². The Kier molecular flexibility index (Phi) is 25.2. The molecule has 0 amide bonds. The third-order valence-electron chi connectivity index (χ3n) is 10.5. The highest BCUT2D eigenvalue weighted by molar-refractivity contribution is 5.33. The van der Waals surface area contributed by atoms with Gasteiger partial charge >= 0.3 is 0 Å². The average Bonchev–Trinajstić information content (AvgIpc) is 3.00. The maximum Gasteiger partial charge on any atom is 0.235 e. The molecule has 0 aromatic heterocycles. The van der Waals surface area contributed by atoms with E-state index in [1.54, 1.807) is 0 Å². The van der Waals surface area contributed by atoms with Crippen molar-refractivity contribution in [1.82, 2.24) is 0 Å². The molecule has 0 saturated heterocycles. The van der Waals surface area contributed by atoms with Crippen molar-refractivity contribution in [3.05, 3.63) is 0 Å². The van der Waals surface area contributed by atoms with Crippen molar-refractivity contribution in [1.29, 1.82) is 0 Å². The lowest BCUT2D eigenvalue weighted by molar-refractivity contribution is 0.118. The molecule has 1 fully saturated rings. The van der Waals surface area contributed by atoms with Gasteiger partial charge in [-0.2, -0.15) is 0 Å². The van der Waals surface area contributed by atoms with Gasteiger partial charge in [-0.1, -0.05) is 163 Å². The summed E-state index contributed by atoms with van der Waals surface area (Å²) < 4.78 is 0. The van der Waals surface area contributed by atoms with Crippen LogP contribution in [0, 0.1) is 23.7 Å². The zero-order chi connectivity index (χ0) is 30.7. The van der Waals surface area contributed by atoms with E-state index in [1.165, 1.54) is 122 Å². The fourth-order valence-electron chi connectivity index (χ4n) is 7.85. The Balaban J connectivity index is 2.93. The third kappa shape index (κ3) is 18.4.